The Morgan fingerprint density at radius 1 is 0.650 bits per heavy atom. The Balaban J connectivity index is 2.00. The highest BCUT2D eigenvalue weighted by Crippen LogP contribution is 2.58. The molecular formula is C18H28P2. The van der Waals surface area contributed by atoms with Crippen LogP contribution in [0.3, 0.4) is 0 Å². The minimum atomic E-state index is 0.0785. The van der Waals surface area contributed by atoms with Crippen LogP contribution >= 0.6 is 15.8 Å². The molecule has 0 spiro atoms. The molecule has 0 saturated carbocycles. The lowest BCUT2D eigenvalue weighted by Crippen LogP contribution is -2.28. The standard InChI is InChI=1S/C18H28P2/c1-13-9-10-14(2)19(13)17-7-5-6-8-18(17)20-15(3)11-12-16(20)4/h5-8,13-16H,9-12H2,1-4H3/t13-,14-,15?,16?,20?/m1/s1. The van der Waals surface area contributed by atoms with Gasteiger partial charge in [-0.3, -0.25) is 0 Å². The fourth-order valence-electron chi connectivity index (χ4n) is 4.24. The highest BCUT2D eigenvalue weighted by molar-refractivity contribution is 7.73. The summed E-state index contributed by atoms with van der Waals surface area (Å²) in [6.07, 6.45) is 5.79. The van der Waals surface area contributed by atoms with Crippen LogP contribution in [0.25, 0.3) is 0 Å². The lowest BCUT2D eigenvalue weighted by molar-refractivity contribution is 0.777. The molecule has 2 unspecified atom stereocenters. The Kier molecular flexibility index (Phi) is 4.54. The van der Waals surface area contributed by atoms with Crippen LogP contribution in [0.2, 0.25) is 0 Å². The smallest absolute Gasteiger partial charge is 0.0158 e. The van der Waals surface area contributed by atoms with Crippen LogP contribution in [0.5, 0.6) is 0 Å². The van der Waals surface area contributed by atoms with E-state index in [0.29, 0.717) is 0 Å². The largest absolute Gasteiger partial charge is 0.0688 e. The highest BCUT2D eigenvalue weighted by Gasteiger charge is 2.37. The van der Waals surface area contributed by atoms with Crippen molar-refractivity contribution in [3.8, 4) is 0 Å². The van der Waals surface area contributed by atoms with E-state index < -0.39 is 0 Å². The first kappa shape index (κ1) is 15.0. The fraction of sp³-hybridized carbons (Fsp3) is 0.667. The summed E-state index contributed by atoms with van der Waals surface area (Å²) in [5.74, 6) is 0. The summed E-state index contributed by atoms with van der Waals surface area (Å²) in [4.78, 5) is 0. The van der Waals surface area contributed by atoms with Gasteiger partial charge in [-0.05, 0) is 58.9 Å². The first-order valence-corrected chi connectivity index (χ1v) is 11.2. The molecule has 0 nitrogen and oxygen atoms in total. The van der Waals surface area contributed by atoms with Gasteiger partial charge in [0.2, 0.25) is 0 Å². The van der Waals surface area contributed by atoms with Gasteiger partial charge in [-0.1, -0.05) is 67.8 Å². The number of hydrogen-bond acceptors (Lipinski definition) is 0. The second-order valence-electron chi connectivity index (χ2n) is 6.85. The van der Waals surface area contributed by atoms with Gasteiger partial charge in [-0.2, -0.15) is 0 Å². The normalized spacial score (nSPS) is 38.5. The van der Waals surface area contributed by atoms with Crippen molar-refractivity contribution in [1.82, 2.24) is 0 Å². The minimum absolute atomic E-state index is 0.0785. The minimum Gasteiger partial charge on any atom is -0.0688 e. The van der Waals surface area contributed by atoms with Crippen molar-refractivity contribution in [1.29, 1.82) is 0 Å². The molecule has 1 aromatic carbocycles. The summed E-state index contributed by atoms with van der Waals surface area (Å²) >= 11 is 0. The fourth-order valence-corrected chi connectivity index (χ4v) is 11.5. The molecule has 0 aliphatic carbocycles. The molecule has 0 radical (unpaired) electrons. The third-order valence-corrected chi connectivity index (χ3v) is 12.2. The Labute approximate surface area is 127 Å². The highest BCUT2D eigenvalue weighted by atomic mass is 31.1. The van der Waals surface area contributed by atoms with E-state index in [1.165, 1.54) is 25.7 Å². The molecule has 0 aromatic heterocycles. The maximum absolute atomic E-state index is 2.50. The molecule has 2 fully saturated rings. The predicted molar refractivity (Wildman–Crippen MR) is 95.9 cm³/mol. The van der Waals surface area contributed by atoms with Crippen molar-refractivity contribution in [3.05, 3.63) is 24.3 Å². The lowest BCUT2D eigenvalue weighted by Gasteiger charge is -2.30. The van der Waals surface area contributed by atoms with Gasteiger partial charge in [-0.25, -0.2) is 0 Å². The lowest BCUT2D eigenvalue weighted by atomic mass is 10.2. The van der Waals surface area contributed by atoms with Gasteiger partial charge >= 0.3 is 0 Å². The molecule has 2 heteroatoms. The summed E-state index contributed by atoms with van der Waals surface area (Å²) in [7, 11) is 0.157. The molecule has 2 saturated heterocycles. The van der Waals surface area contributed by atoms with Crippen LogP contribution in [0.15, 0.2) is 24.3 Å². The SMILES string of the molecule is CC1CCC(C)P1c1ccccc1P1[C@H](C)CC[C@H]1C. The van der Waals surface area contributed by atoms with Crippen LogP contribution in [0.4, 0.5) is 0 Å². The van der Waals surface area contributed by atoms with E-state index in [0.717, 1.165) is 22.6 Å². The predicted octanol–water partition coefficient (Wildman–Crippen LogP) is 5.04. The van der Waals surface area contributed by atoms with E-state index in [-0.39, 0.29) is 15.8 Å². The molecule has 2 aliphatic heterocycles. The topological polar surface area (TPSA) is 0 Å². The Bertz CT molecular complexity index is 407. The number of hydrogen-bond donors (Lipinski definition) is 0. The van der Waals surface area contributed by atoms with Gasteiger partial charge < -0.3 is 0 Å². The molecule has 2 heterocycles. The molecule has 0 N–H and O–H groups in total. The quantitative estimate of drug-likeness (QED) is 0.671. The maximum atomic E-state index is 2.50. The van der Waals surface area contributed by atoms with Crippen molar-refractivity contribution >= 4 is 26.5 Å². The molecular weight excluding hydrogens is 278 g/mol. The number of rotatable bonds is 2. The monoisotopic (exact) mass is 306 g/mol. The zero-order chi connectivity index (χ0) is 14.3. The van der Waals surface area contributed by atoms with Gasteiger partial charge in [0.1, 0.15) is 0 Å². The van der Waals surface area contributed by atoms with E-state index in [2.05, 4.69) is 52.0 Å². The van der Waals surface area contributed by atoms with Gasteiger partial charge in [0, 0.05) is 0 Å². The molecule has 0 bridgehead atoms. The van der Waals surface area contributed by atoms with Crippen LogP contribution in [-0.4, -0.2) is 22.6 Å². The van der Waals surface area contributed by atoms with E-state index >= 15 is 0 Å². The van der Waals surface area contributed by atoms with Crippen LogP contribution in [0, 0.1) is 0 Å². The van der Waals surface area contributed by atoms with Gasteiger partial charge in [-0.15, -0.1) is 0 Å². The van der Waals surface area contributed by atoms with E-state index in [4.69, 9.17) is 0 Å². The molecule has 3 rings (SSSR count). The Morgan fingerprint density at radius 3 is 1.25 bits per heavy atom. The average molecular weight is 306 g/mol. The van der Waals surface area contributed by atoms with Gasteiger partial charge in [0.15, 0.2) is 0 Å². The average Bonchev–Trinajstić information content (AvgIpc) is 2.93. The molecule has 4 atom stereocenters. The van der Waals surface area contributed by atoms with Crippen molar-refractivity contribution in [3.63, 3.8) is 0 Å². The van der Waals surface area contributed by atoms with Gasteiger partial charge in [0.05, 0.1) is 0 Å². The Hall–Kier alpha value is 0.0800. The zero-order valence-corrected chi connectivity index (χ0v) is 15.1. The summed E-state index contributed by atoms with van der Waals surface area (Å²) in [6.45, 7) is 10.0. The first-order chi connectivity index (χ1) is 9.59. The molecule has 1 aromatic rings. The third-order valence-electron chi connectivity index (χ3n) is 5.34. The summed E-state index contributed by atoms with van der Waals surface area (Å²) in [5, 5.41) is 3.57. The first-order valence-electron chi connectivity index (χ1n) is 8.25. The zero-order valence-electron chi connectivity index (χ0n) is 13.3. The van der Waals surface area contributed by atoms with Crippen molar-refractivity contribution in [2.45, 2.75) is 76.0 Å². The molecule has 20 heavy (non-hydrogen) atoms. The van der Waals surface area contributed by atoms with Crippen LogP contribution in [-0.2, 0) is 0 Å². The maximum Gasteiger partial charge on any atom is -0.0158 e. The third kappa shape index (κ3) is 2.60. The molecule has 110 valence electrons. The van der Waals surface area contributed by atoms with E-state index in [9.17, 15) is 0 Å². The van der Waals surface area contributed by atoms with Crippen LogP contribution in [0.1, 0.15) is 53.4 Å². The van der Waals surface area contributed by atoms with Crippen molar-refractivity contribution < 1.29 is 0 Å². The summed E-state index contributed by atoms with van der Waals surface area (Å²) in [6, 6.07) is 9.55. The number of benzene rings is 1. The molecule has 0 amide bonds. The van der Waals surface area contributed by atoms with Gasteiger partial charge in [0.25, 0.3) is 0 Å². The Morgan fingerprint density at radius 2 is 0.950 bits per heavy atom. The van der Waals surface area contributed by atoms with Crippen molar-refractivity contribution in [2.75, 3.05) is 0 Å². The van der Waals surface area contributed by atoms with Crippen LogP contribution < -0.4 is 10.6 Å². The second kappa shape index (κ2) is 6.06. The van der Waals surface area contributed by atoms with E-state index in [1.807, 2.05) is 0 Å². The van der Waals surface area contributed by atoms with Crippen molar-refractivity contribution in [2.24, 2.45) is 0 Å². The molecule has 2 aliphatic rings. The second-order valence-corrected chi connectivity index (χ2v) is 13.0. The van der Waals surface area contributed by atoms with E-state index in [1.54, 1.807) is 10.6 Å². The summed E-state index contributed by atoms with van der Waals surface area (Å²) in [5.41, 5.74) is 3.74. The summed E-state index contributed by atoms with van der Waals surface area (Å²) < 4.78 is 0.